The molecule has 0 radical (unpaired) electrons. The third-order valence-electron chi connectivity index (χ3n) is 19.8. The molecule has 0 aliphatic carbocycles. The monoisotopic (exact) mass is 1600 g/mol. The average molecular weight is 1600 g/mol. The number of hydrogen-bond donors (Lipinski definition) is 5. The number of nitrogens with one attached hydrogen (secondary N) is 4. The molecule has 6 aromatic carbocycles. The molecule has 10 heterocycles. The van der Waals surface area contributed by atoms with Gasteiger partial charge in [-0.25, -0.2) is 33.3 Å². The minimum absolute atomic E-state index is 0.0203. The van der Waals surface area contributed by atoms with Gasteiger partial charge in [-0.1, -0.05) is 127 Å². The zero-order valence-corrected chi connectivity index (χ0v) is 67.2. The lowest BCUT2D eigenvalue weighted by Gasteiger charge is -2.32. The number of anilines is 6. The van der Waals surface area contributed by atoms with Crippen molar-refractivity contribution >= 4 is 110 Å². The zero-order valence-electron chi connectivity index (χ0n) is 65.7. The Morgan fingerprint density at radius 2 is 0.886 bits per heavy atom. The molecular formula is C86H95BBrN17O9. The van der Waals surface area contributed by atoms with Crippen molar-refractivity contribution < 1.29 is 42.8 Å². The maximum atomic E-state index is 12.7. The summed E-state index contributed by atoms with van der Waals surface area (Å²) >= 11 is 3.41. The van der Waals surface area contributed by atoms with Crippen molar-refractivity contribution in [3.63, 3.8) is 0 Å². The van der Waals surface area contributed by atoms with Gasteiger partial charge in [0.15, 0.2) is 16.9 Å². The van der Waals surface area contributed by atoms with Crippen molar-refractivity contribution in [3.05, 3.63) is 240 Å². The van der Waals surface area contributed by atoms with E-state index in [4.69, 9.17) is 34.7 Å². The van der Waals surface area contributed by atoms with Gasteiger partial charge in [0.2, 0.25) is 17.7 Å². The fourth-order valence-corrected chi connectivity index (χ4v) is 13.7. The highest BCUT2D eigenvalue weighted by Crippen LogP contribution is 2.38. The molecule has 6 aromatic heterocycles. The Labute approximate surface area is 671 Å². The normalized spacial score (nSPS) is 17.1. The third kappa shape index (κ3) is 20.3. The van der Waals surface area contributed by atoms with E-state index >= 15 is 0 Å². The average Bonchev–Trinajstić information content (AvgIpc) is 1.61. The lowest BCUT2D eigenvalue weighted by Crippen LogP contribution is -2.41. The van der Waals surface area contributed by atoms with Crippen LogP contribution in [0.4, 0.5) is 39.3 Å². The standard InChI is InChI=1S/C29H31N5O3.C23H22N6O.C21H31BN2O5.C13H11BrN4/c1-29(2,3)37-28(36)16-21-15-27(35)33(19-21)23-11-9-22(10-12-23)24-18-31-26-14-13-25(32-34(24)26)30-17-20-7-5-4-6-8-20;24-18-12-23(30)28(15-18)19-8-6-17(7-9-19)20-14-26-22-11-10-21(27-29(20)22)25-13-16-4-2-1-3-5-16;1-19(2,3)27-18(26)23-15-12-17(25)24(13-15)16-10-8-14(9-11-16)22-28-20(4,5)21(6,7)29-22;14-11-9-16-13-7-6-12(17-18(11)13)15-8-10-4-2-1-3-5-10/h4-14,18,21H,15-17,19H2,1-3H3,(H,30,32);1-11,14,18H,12-13,15,24H2,(H,25,27);8-11,15H,12-13H2,1-7H3,(H,23,26);1-7,9H,8H2,(H,15,17). The molecule has 3 unspecified atom stereocenters. The minimum atomic E-state index is -0.574. The Morgan fingerprint density at radius 3 is 1.32 bits per heavy atom. The van der Waals surface area contributed by atoms with Gasteiger partial charge in [-0.15, -0.1) is 15.3 Å². The van der Waals surface area contributed by atoms with Gasteiger partial charge >= 0.3 is 19.2 Å². The Hall–Kier alpha value is -11.8. The summed E-state index contributed by atoms with van der Waals surface area (Å²) in [5.74, 6) is 2.10. The number of nitrogens with zero attached hydrogens (tertiary/aromatic N) is 12. The fraction of sp³-hybridized carbons (Fsp3) is 0.314. The van der Waals surface area contributed by atoms with Gasteiger partial charge in [0.1, 0.15) is 33.3 Å². The van der Waals surface area contributed by atoms with E-state index < -0.39 is 35.6 Å². The van der Waals surface area contributed by atoms with E-state index in [0.717, 1.165) is 90.6 Å². The van der Waals surface area contributed by atoms with Crippen LogP contribution in [-0.4, -0.2) is 135 Å². The van der Waals surface area contributed by atoms with Gasteiger partial charge < -0.3 is 60.5 Å². The molecule has 4 amide bonds. The molecule has 12 aromatic rings. The first kappa shape index (κ1) is 80.2. The summed E-state index contributed by atoms with van der Waals surface area (Å²) in [4.78, 5) is 79.7. The predicted molar refractivity (Wildman–Crippen MR) is 447 cm³/mol. The van der Waals surface area contributed by atoms with Crippen LogP contribution in [0.5, 0.6) is 0 Å². The lowest BCUT2D eigenvalue weighted by atomic mass is 9.79. The van der Waals surface area contributed by atoms with Gasteiger partial charge in [-0.05, 0) is 186 Å². The number of fused-ring (bicyclic) bond motifs is 3. The van der Waals surface area contributed by atoms with E-state index in [1.54, 1.807) is 52.4 Å². The summed E-state index contributed by atoms with van der Waals surface area (Å²) in [7, 11) is -0.440. The molecule has 4 fully saturated rings. The van der Waals surface area contributed by atoms with Crippen LogP contribution < -0.4 is 47.2 Å². The number of benzene rings is 6. The van der Waals surface area contributed by atoms with Crippen molar-refractivity contribution in [1.82, 2.24) is 49.1 Å². The quantitative estimate of drug-likeness (QED) is 0.0394. The van der Waals surface area contributed by atoms with E-state index in [2.05, 4.69) is 93.6 Å². The van der Waals surface area contributed by atoms with Gasteiger partial charge in [-0.3, -0.25) is 19.2 Å². The van der Waals surface area contributed by atoms with Crippen LogP contribution in [0.2, 0.25) is 0 Å². The molecule has 588 valence electrons. The van der Waals surface area contributed by atoms with Crippen LogP contribution in [0.1, 0.15) is 112 Å². The number of carbonyl (C=O) groups is 5. The van der Waals surface area contributed by atoms with Crippen LogP contribution in [0.3, 0.4) is 0 Å². The molecule has 26 nitrogen and oxygen atoms in total. The first-order valence-electron chi connectivity index (χ1n) is 38.1. The number of esters is 1. The molecule has 0 bridgehead atoms. The van der Waals surface area contributed by atoms with E-state index in [1.807, 2.05) is 227 Å². The smallest absolute Gasteiger partial charge is 0.460 e. The van der Waals surface area contributed by atoms with E-state index in [-0.39, 0.29) is 54.5 Å². The van der Waals surface area contributed by atoms with Crippen LogP contribution >= 0.6 is 15.9 Å². The Kier molecular flexibility index (Phi) is 24.4. The number of nitrogens with two attached hydrogens (primary N) is 1. The van der Waals surface area contributed by atoms with Crippen molar-refractivity contribution in [2.24, 2.45) is 11.7 Å². The Morgan fingerprint density at radius 1 is 0.491 bits per heavy atom. The second kappa shape index (κ2) is 34.6. The molecule has 0 spiro atoms. The fourth-order valence-electron chi connectivity index (χ4n) is 13.3. The Bertz CT molecular complexity index is 5330. The number of carbonyl (C=O) groups excluding carboxylic acids is 5. The molecule has 28 heteroatoms. The van der Waals surface area contributed by atoms with Gasteiger partial charge in [-0.2, -0.15) is 0 Å². The minimum Gasteiger partial charge on any atom is -0.460 e. The largest absolute Gasteiger partial charge is 0.494 e. The second-order valence-corrected chi connectivity index (χ2v) is 32.3. The lowest BCUT2D eigenvalue weighted by molar-refractivity contribution is -0.155. The molecule has 0 saturated carbocycles. The molecule has 4 aliphatic heterocycles. The van der Waals surface area contributed by atoms with Gasteiger partial charge in [0, 0.05) is 92.8 Å². The van der Waals surface area contributed by atoms with E-state index in [9.17, 15) is 24.0 Å². The number of amides is 4. The number of halogens is 1. The van der Waals surface area contributed by atoms with Crippen LogP contribution in [0.15, 0.2) is 223 Å². The van der Waals surface area contributed by atoms with E-state index in [0.29, 0.717) is 45.6 Å². The summed E-state index contributed by atoms with van der Waals surface area (Å²) in [5.41, 5.74) is 17.0. The molecule has 16 rings (SSSR count). The maximum absolute atomic E-state index is 12.7. The topological polar surface area (TPSA) is 297 Å². The molecule has 4 saturated heterocycles. The third-order valence-corrected chi connectivity index (χ3v) is 20.3. The van der Waals surface area contributed by atoms with Crippen LogP contribution in [-0.2, 0) is 57.6 Å². The van der Waals surface area contributed by atoms with Crippen LogP contribution in [0, 0.1) is 5.92 Å². The van der Waals surface area contributed by atoms with Crippen molar-refractivity contribution in [3.8, 4) is 22.5 Å². The summed E-state index contributed by atoms with van der Waals surface area (Å²) < 4.78 is 29.1. The maximum Gasteiger partial charge on any atom is 0.494 e. The van der Waals surface area contributed by atoms with Gasteiger partial charge in [0.25, 0.3) is 0 Å². The highest BCUT2D eigenvalue weighted by atomic mass is 79.9. The van der Waals surface area contributed by atoms with Gasteiger partial charge in [0.05, 0.1) is 53.6 Å². The second-order valence-electron chi connectivity index (χ2n) is 31.5. The predicted octanol–water partition coefficient (Wildman–Crippen LogP) is 13.9. The molecule has 114 heavy (non-hydrogen) atoms. The number of imidazole rings is 3. The molecule has 3 atom stereocenters. The molecule has 6 N–H and O–H groups in total. The number of rotatable bonds is 18. The summed E-state index contributed by atoms with van der Waals surface area (Å²) in [6.45, 7) is 22.6. The van der Waals surface area contributed by atoms with E-state index in [1.165, 1.54) is 16.7 Å². The Balaban J connectivity index is 0.000000136. The number of hydrogen-bond acceptors (Lipinski definition) is 19. The zero-order chi connectivity index (χ0) is 80.5. The molecular weight excluding hydrogens is 1510 g/mol. The number of ether oxygens (including phenoxy) is 2. The summed E-state index contributed by atoms with van der Waals surface area (Å²) in [5, 5.41) is 26.7. The SMILES string of the molecule is Brc1cnc2ccc(NCc3ccccc3)nn12.CC(C)(C)OC(=O)CC1CC(=O)N(c2ccc(-c3cnc4ccc(NCc5ccccc5)nn34)cc2)C1.CC(C)(C)OC(=O)NC1CC(=O)N(c2ccc(B3OC(C)(C)C(C)(C)O3)cc2)C1.NC1CC(=O)N(c2ccc(-c3cnc4ccc(NCc5ccccc5)nn34)cc2)C1. The highest BCUT2D eigenvalue weighted by molar-refractivity contribution is 9.10. The number of aromatic nitrogens is 9. The summed E-state index contributed by atoms with van der Waals surface area (Å²) in [6, 6.07) is 65.1. The number of alkyl carbamates (subject to hydrolysis) is 1. The van der Waals surface area contributed by atoms with Crippen molar-refractivity contribution in [2.45, 2.75) is 149 Å². The molecule has 4 aliphatic rings. The first-order valence-corrected chi connectivity index (χ1v) is 38.9. The van der Waals surface area contributed by atoms with Crippen molar-refractivity contribution in [2.75, 3.05) is 50.3 Å². The van der Waals surface area contributed by atoms with Crippen molar-refractivity contribution in [1.29, 1.82) is 0 Å². The van der Waals surface area contributed by atoms with Crippen LogP contribution in [0.25, 0.3) is 39.5 Å². The summed E-state index contributed by atoms with van der Waals surface area (Å²) in [6.07, 6.45) is 6.08. The highest BCUT2D eigenvalue weighted by Gasteiger charge is 2.52. The first-order chi connectivity index (χ1) is 54.5.